The first-order chi connectivity index (χ1) is 11.1. The van der Waals surface area contributed by atoms with Crippen molar-refractivity contribution in [1.29, 1.82) is 0 Å². The van der Waals surface area contributed by atoms with Gasteiger partial charge in [-0.15, -0.1) is 0 Å². The molecule has 0 aromatic heterocycles. The summed E-state index contributed by atoms with van der Waals surface area (Å²) in [6.45, 7) is 3.59. The van der Waals surface area contributed by atoms with Gasteiger partial charge in [0.25, 0.3) is 0 Å². The van der Waals surface area contributed by atoms with Crippen molar-refractivity contribution in [2.45, 2.75) is 25.3 Å². The van der Waals surface area contributed by atoms with E-state index in [0.717, 1.165) is 44.2 Å². The molecule has 3 N–H and O–H groups in total. The van der Waals surface area contributed by atoms with Crippen molar-refractivity contribution >= 4 is 11.4 Å². The van der Waals surface area contributed by atoms with Gasteiger partial charge in [0, 0.05) is 38.4 Å². The number of hydrogen-bond donors (Lipinski definition) is 2. The molecule has 3 rings (SSSR count). The molecule has 2 unspecified atom stereocenters. The lowest BCUT2D eigenvalue weighted by Gasteiger charge is -2.27. The van der Waals surface area contributed by atoms with E-state index in [1.54, 1.807) is 6.07 Å². The van der Waals surface area contributed by atoms with Crippen molar-refractivity contribution in [1.82, 2.24) is 5.32 Å². The van der Waals surface area contributed by atoms with Gasteiger partial charge < -0.3 is 20.9 Å². The van der Waals surface area contributed by atoms with E-state index >= 15 is 0 Å². The Morgan fingerprint density at radius 3 is 2.74 bits per heavy atom. The average Bonchev–Trinajstić information content (AvgIpc) is 3.28. The standard InChI is InChI=1S/C18H29FN4/c1-21-10-14(13-3-4-13)11-22(2)16-5-6-18(17(19)9-16)23-8-7-15(20)12-23/h5-6,9,13-15,21H,3-4,7-8,10-12,20H2,1-2H3. The van der Waals surface area contributed by atoms with E-state index in [4.69, 9.17) is 5.73 Å². The number of halogens is 1. The minimum absolute atomic E-state index is 0.139. The highest BCUT2D eigenvalue weighted by Crippen LogP contribution is 2.37. The van der Waals surface area contributed by atoms with Crippen LogP contribution in [0.5, 0.6) is 0 Å². The summed E-state index contributed by atoms with van der Waals surface area (Å²) < 4.78 is 14.5. The molecule has 0 spiro atoms. The van der Waals surface area contributed by atoms with Crippen LogP contribution in [0.25, 0.3) is 0 Å². The summed E-state index contributed by atoms with van der Waals surface area (Å²) in [5, 5.41) is 3.29. The lowest BCUT2D eigenvalue weighted by Crippen LogP contribution is -2.32. The Hall–Kier alpha value is -1.33. The molecular weight excluding hydrogens is 291 g/mol. The second kappa shape index (κ2) is 7.05. The Kier molecular flexibility index (Phi) is 5.07. The van der Waals surface area contributed by atoms with Gasteiger partial charge in [-0.3, -0.25) is 0 Å². The average molecular weight is 320 g/mol. The Balaban J connectivity index is 1.66. The number of hydrogen-bond acceptors (Lipinski definition) is 4. The number of rotatable bonds is 7. The predicted octanol–water partition coefficient (Wildman–Crippen LogP) is 2.04. The lowest BCUT2D eigenvalue weighted by atomic mass is 10.0. The van der Waals surface area contributed by atoms with E-state index < -0.39 is 0 Å². The Labute approximate surface area is 138 Å². The third-order valence-corrected chi connectivity index (χ3v) is 5.20. The van der Waals surface area contributed by atoms with Gasteiger partial charge in [-0.2, -0.15) is 0 Å². The summed E-state index contributed by atoms with van der Waals surface area (Å²) in [6.07, 6.45) is 3.61. The molecule has 128 valence electrons. The van der Waals surface area contributed by atoms with Gasteiger partial charge in [0.2, 0.25) is 0 Å². The smallest absolute Gasteiger partial charge is 0.148 e. The summed E-state index contributed by atoms with van der Waals surface area (Å²) in [6, 6.07) is 5.77. The Morgan fingerprint density at radius 1 is 1.39 bits per heavy atom. The van der Waals surface area contributed by atoms with E-state index in [-0.39, 0.29) is 11.9 Å². The molecule has 2 atom stereocenters. The summed E-state index contributed by atoms with van der Waals surface area (Å²) >= 11 is 0. The zero-order valence-corrected chi connectivity index (χ0v) is 14.3. The minimum atomic E-state index is -0.139. The third kappa shape index (κ3) is 3.96. The topological polar surface area (TPSA) is 44.5 Å². The van der Waals surface area contributed by atoms with Crippen molar-refractivity contribution in [2.75, 3.05) is 50.1 Å². The molecule has 4 nitrogen and oxygen atoms in total. The van der Waals surface area contributed by atoms with Crippen LogP contribution in [0.3, 0.4) is 0 Å². The van der Waals surface area contributed by atoms with Crippen molar-refractivity contribution < 1.29 is 4.39 Å². The molecule has 1 aromatic rings. The number of nitrogens with zero attached hydrogens (tertiary/aromatic N) is 2. The van der Waals surface area contributed by atoms with Crippen LogP contribution in [0.15, 0.2) is 18.2 Å². The van der Waals surface area contributed by atoms with Gasteiger partial charge in [-0.05, 0) is 62.9 Å². The maximum Gasteiger partial charge on any atom is 0.148 e. The van der Waals surface area contributed by atoms with E-state index in [1.165, 1.54) is 12.8 Å². The zero-order valence-electron chi connectivity index (χ0n) is 14.3. The normalized spacial score (nSPS) is 22.4. The molecule has 23 heavy (non-hydrogen) atoms. The summed E-state index contributed by atoms with van der Waals surface area (Å²) in [5.41, 5.74) is 7.57. The van der Waals surface area contributed by atoms with Crippen LogP contribution in [0, 0.1) is 17.7 Å². The molecule has 1 saturated carbocycles. The summed E-state index contributed by atoms with van der Waals surface area (Å²) in [5.74, 6) is 1.34. The van der Waals surface area contributed by atoms with Gasteiger partial charge in [0.1, 0.15) is 5.82 Å². The Bertz CT molecular complexity index is 532. The largest absolute Gasteiger partial charge is 0.374 e. The van der Waals surface area contributed by atoms with Crippen LogP contribution in [0.4, 0.5) is 15.8 Å². The van der Waals surface area contributed by atoms with Gasteiger partial charge in [-0.1, -0.05) is 0 Å². The molecule has 0 radical (unpaired) electrons. The quantitative estimate of drug-likeness (QED) is 0.807. The van der Waals surface area contributed by atoms with Crippen LogP contribution in [-0.2, 0) is 0 Å². The maximum absolute atomic E-state index is 14.5. The number of anilines is 2. The van der Waals surface area contributed by atoms with Crippen LogP contribution in [-0.4, -0.2) is 46.3 Å². The van der Waals surface area contributed by atoms with E-state index in [2.05, 4.69) is 22.2 Å². The van der Waals surface area contributed by atoms with Crippen molar-refractivity contribution in [3.63, 3.8) is 0 Å². The molecule has 1 saturated heterocycles. The van der Waals surface area contributed by atoms with Crippen LogP contribution in [0.2, 0.25) is 0 Å². The van der Waals surface area contributed by atoms with Crippen LogP contribution < -0.4 is 20.9 Å². The summed E-state index contributed by atoms with van der Waals surface area (Å²) in [4.78, 5) is 4.24. The third-order valence-electron chi connectivity index (χ3n) is 5.20. The second-order valence-electron chi connectivity index (χ2n) is 7.17. The highest BCUT2D eigenvalue weighted by molar-refractivity contribution is 5.58. The van der Waals surface area contributed by atoms with Crippen molar-refractivity contribution in [3.05, 3.63) is 24.0 Å². The van der Waals surface area contributed by atoms with Crippen molar-refractivity contribution in [2.24, 2.45) is 17.6 Å². The van der Waals surface area contributed by atoms with Crippen LogP contribution >= 0.6 is 0 Å². The predicted molar refractivity (Wildman–Crippen MR) is 94.6 cm³/mol. The molecule has 5 heteroatoms. The fourth-order valence-corrected chi connectivity index (χ4v) is 3.66. The first-order valence-corrected chi connectivity index (χ1v) is 8.74. The fraction of sp³-hybridized carbons (Fsp3) is 0.667. The zero-order chi connectivity index (χ0) is 16.4. The summed E-state index contributed by atoms with van der Waals surface area (Å²) in [7, 11) is 4.07. The number of benzene rings is 1. The molecule has 0 amide bonds. The molecule has 0 bridgehead atoms. The molecular formula is C18H29FN4. The molecule has 1 aliphatic heterocycles. The highest BCUT2D eigenvalue weighted by atomic mass is 19.1. The van der Waals surface area contributed by atoms with E-state index in [9.17, 15) is 4.39 Å². The Morgan fingerprint density at radius 2 is 2.17 bits per heavy atom. The number of nitrogens with one attached hydrogen (secondary N) is 1. The van der Waals surface area contributed by atoms with E-state index in [1.807, 2.05) is 19.2 Å². The molecule has 2 fully saturated rings. The monoisotopic (exact) mass is 320 g/mol. The fourth-order valence-electron chi connectivity index (χ4n) is 3.66. The number of nitrogens with two attached hydrogens (primary N) is 1. The first-order valence-electron chi connectivity index (χ1n) is 8.74. The molecule has 1 heterocycles. The van der Waals surface area contributed by atoms with Crippen molar-refractivity contribution in [3.8, 4) is 0 Å². The second-order valence-corrected chi connectivity index (χ2v) is 7.17. The van der Waals surface area contributed by atoms with Crippen LogP contribution in [0.1, 0.15) is 19.3 Å². The van der Waals surface area contributed by atoms with E-state index in [0.29, 0.717) is 11.6 Å². The molecule has 2 aliphatic rings. The highest BCUT2D eigenvalue weighted by Gasteiger charge is 2.31. The van der Waals surface area contributed by atoms with Gasteiger partial charge in [0.15, 0.2) is 0 Å². The minimum Gasteiger partial charge on any atom is -0.374 e. The van der Waals surface area contributed by atoms with Gasteiger partial charge in [0.05, 0.1) is 5.69 Å². The molecule has 1 aromatic carbocycles. The lowest BCUT2D eigenvalue weighted by molar-refractivity contribution is 0.444. The SMILES string of the molecule is CNCC(CN(C)c1ccc(N2CCC(N)C2)c(F)c1)C1CC1. The molecule has 1 aliphatic carbocycles. The maximum atomic E-state index is 14.5. The van der Waals surface area contributed by atoms with Gasteiger partial charge in [-0.25, -0.2) is 4.39 Å². The van der Waals surface area contributed by atoms with Gasteiger partial charge >= 0.3 is 0 Å². The first kappa shape index (κ1) is 16.5.